The fraction of sp³-hybridized carbons (Fsp3) is 0. The molecule has 0 saturated heterocycles. The normalized spacial score (nSPS) is 11.2. The summed E-state index contributed by atoms with van der Waals surface area (Å²) in [5.74, 6) is 0.364. The van der Waals surface area contributed by atoms with Crippen molar-refractivity contribution in [1.29, 1.82) is 0 Å². The molecule has 0 unspecified atom stereocenters. The Morgan fingerprint density at radius 2 is 1.75 bits per heavy atom. The van der Waals surface area contributed by atoms with Crippen LogP contribution in [0.15, 0.2) is 59.8 Å². The van der Waals surface area contributed by atoms with Gasteiger partial charge in [0.25, 0.3) is 0 Å². The minimum absolute atomic E-state index is 0.364. The summed E-state index contributed by atoms with van der Waals surface area (Å²) in [6.45, 7) is 0. The molecule has 0 N–H and O–H groups in total. The highest BCUT2D eigenvalue weighted by Gasteiger charge is 2.18. The van der Waals surface area contributed by atoms with Gasteiger partial charge in [-0.25, -0.2) is 4.98 Å². The second-order valence-corrected chi connectivity index (χ2v) is 5.44. The number of para-hydroxylation sites is 1. The van der Waals surface area contributed by atoms with Crippen molar-refractivity contribution in [2.75, 3.05) is 0 Å². The summed E-state index contributed by atoms with van der Waals surface area (Å²) < 4.78 is 2.93. The molecular weight excluding hydrogens is 270 g/mol. The van der Waals surface area contributed by atoms with E-state index in [0.29, 0.717) is 11.5 Å². The molecule has 5 heteroatoms. The quantitative estimate of drug-likeness (QED) is 0.503. The van der Waals surface area contributed by atoms with Crippen molar-refractivity contribution < 1.29 is 0 Å². The highest BCUT2D eigenvalue weighted by molar-refractivity contribution is 7.23. The summed E-state index contributed by atoms with van der Waals surface area (Å²) in [7, 11) is 0. The van der Waals surface area contributed by atoms with E-state index in [1.165, 1.54) is 0 Å². The van der Waals surface area contributed by atoms with Crippen LogP contribution in [0.25, 0.3) is 26.4 Å². The molecule has 0 atom stereocenters. The molecule has 0 saturated carbocycles. The number of nitroso groups, excluding NO2 is 1. The second kappa shape index (κ2) is 4.25. The first-order chi connectivity index (χ1) is 9.88. The maximum atomic E-state index is 11.3. The van der Waals surface area contributed by atoms with Crippen LogP contribution < -0.4 is 0 Å². The van der Waals surface area contributed by atoms with Gasteiger partial charge in [-0.05, 0) is 17.3 Å². The molecule has 2 aromatic heterocycles. The van der Waals surface area contributed by atoms with E-state index in [2.05, 4.69) is 10.2 Å². The highest BCUT2D eigenvalue weighted by atomic mass is 32.1. The lowest BCUT2D eigenvalue weighted by molar-refractivity contribution is 1.25. The van der Waals surface area contributed by atoms with Gasteiger partial charge in [-0.15, -0.1) is 4.91 Å². The number of nitrogens with zero attached hydrogens (tertiary/aromatic N) is 3. The number of hydrogen-bond acceptors (Lipinski definition) is 4. The molecule has 20 heavy (non-hydrogen) atoms. The molecule has 0 aliphatic rings. The van der Waals surface area contributed by atoms with Crippen molar-refractivity contribution in [3.63, 3.8) is 0 Å². The summed E-state index contributed by atoms with van der Waals surface area (Å²) >= 11 is 1.56. The maximum Gasteiger partial charge on any atom is 0.210 e. The van der Waals surface area contributed by atoms with Crippen molar-refractivity contribution in [3.8, 4) is 11.3 Å². The molecular formula is C15H9N3OS. The molecule has 0 aliphatic heterocycles. The van der Waals surface area contributed by atoms with Crippen molar-refractivity contribution >= 4 is 32.3 Å². The third kappa shape index (κ3) is 1.50. The monoisotopic (exact) mass is 279 g/mol. The molecule has 4 nitrogen and oxygen atoms in total. The number of hydrogen-bond donors (Lipinski definition) is 0. The van der Waals surface area contributed by atoms with Gasteiger partial charge in [-0.2, -0.15) is 0 Å². The maximum absolute atomic E-state index is 11.3. The summed E-state index contributed by atoms with van der Waals surface area (Å²) in [6.07, 6.45) is 0. The predicted octanol–water partition coefficient (Wildman–Crippen LogP) is 4.61. The number of fused-ring (bicyclic) bond motifs is 3. The molecule has 2 aromatic carbocycles. The van der Waals surface area contributed by atoms with Gasteiger partial charge in [-0.3, -0.25) is 4.40 Å². The zero-order valence-electron chi connectivity index (χ0n) is 10.4. The number of rotatable bonds is 2. The largest absolute Gasteiger partial charge is 0.264 e. The lowest BCUT2D eigenvalue weighted by atomic mass is 10.1. The highest BCUT2D eigenvalue weighted by Crippen LogP contribution is 2.37. The van der Waals surface area contributed by atoms with Crippen LogP contribution in [0.1, 0.15) is 0 Å². The molecule has 4 aromatic rings. The van der Waals surface area contributed by atoms with E-state index < -0.39 is 0 Å². The van der Waals surface area contributed by atoms with Gasteiger partial charge >= 0.3 is 0 Å². The molecule has 0 fully saturated rings. The topological polar surface area (TPSA) is 46.7 Å². The van der Waals surface area contributed by atoms with E-state index in [0.717, 1.165) is 20.7 Å². The molecule has 0 aliphatic carbocycles. The molecule has 0 spiro atoms. The second-order valence-electron chi connectivity index (χ2n) is 4.43. The van der Waals surface area contributed by atoms with Gasteiger partial charge in [0.05, 0.1) is 10.2 Å². The van der Waals surface area contributed by atoms with Crippen LogP contribution in [-0.2, 0) is 0 Å². The van der Waals surface area contributed by atoms with Crippen molar-refractivity contribution in [2.24, 2.45) is 5.18 Å². The van der Waals surface area contributed by atoms with E-state index in [4.69, 9.17) is 0 Å². The Hall–Kier alpha value is -2.53. The van der Waals surface area contributed by atoms with Crippen LogP contribution in [0.3, 0.4) is 0 Å². The minimum Gasteiger partial charge on any atom is -0.264 e. The standard InChI is InChI=1S/C15H9N3OS/c19-17-14-13(10-6-2-1-3-7-10)16-15-18(14)11-8-4-5-9-12(11)20-15/h1-9H. The van der Waals surface area contributed by atoms with E-state index >= 15 is 0 Å². The third-order valence-corrected chi connectivity index (χ3v) is 4.29. The summed E-state index contributed by atoms with van der Waals surface area (Å²) in [5.41, 5.74) is 2.51. The zero-order chi connectivity index (χ0) is 13.5. The van der Waals surface area contributed by atoms with Crippen LogP contribution in [0.2, 0.25) is 0 Å². The predicted molar refractivity (Wildman–Crippen MR) is 81.5 cm³/mol. The van der Waals surface area contributed by atoms with Crippen LogP contribution in [0.4, 0.5) is 5.82 Å². The smallest absolute Gasteiger partial charge is 0.210 e. The van der Waals surface area contributed by atoms with Gasteiger partial charge in [0.15, 0.2) is 4.96 Å². The van der Waals surface area contributed by atoms with Gasteiger partial charge in [-0.1, -0.05) is 53.8 Å². The molecule has 0 radical (unpaired) electrons. The van der Waals surface area contributed by atoms with Crippen LogP contribution in [0, 0.1) is 4.91 Å². The first kappa shape index (κ1) is 11.3. The van der Waals surface area contributed by atoms with Gasteiger partial charge in [0.2, 0.25) is 5.82 Å². The van der Waals surface area contributed by atoms with Crippen molar-refractivity contribution in [3.05, 3.63) is 59.5 Å². The Bertz CT molecular complexity index is 924. The average Bonchev–Trinajstić information content (AvgIpc) is 3.03. The first-order valence-electron chi connectivity index (χ1n) is 6.17. The van der Waals surface area contributed by atoms with Crippen molar-refractivity contribution in [2.45, 2.75) is 0 Å². The van der Waals surface area contributed by atoms with Gasteiger partial charge < -0.3 is 0 Å². The van der Waals surface area contributed by atoms with Gasteiger partial charge in [0.1, 0.15) is 5.69 Å². The minimum atomic E-state index is 0.364. The fourth-order valence-corrected chi connectivity index (χ4v) is 3.40. The molecule has 0 bridgehead atoms. The summed E-state index contributed by atoms with van der Waals surface area (Å²) in [6, 6.07) is 17.6. The number of imidazole rings is 1. The van der Waals surface area contributed by atoms with Gasteiger partial charge in [0, 0.05) is 5.56 Å². The average molecular weight is 279 g/mol. The number of thiazole rings is 1. The fourth-order valence-electron chi connectivity index (χ4n) is 2.38. The molecule has 4 rings (SSSR count). The Morgan fingerprint density at radius 3 is 2.55 bits per heavy atom. The molecule has 0 amide bonds. The van der Waals surface area contributed by atoms with Crippen LogP contribution in [0.5, 0.6) is 0 Å². The lowest BCUT2D eigenvalue weighted by Gasteiger charge is -1.97. The van der Waals surface area contributed by atoms with Crippen molar-refractivity contribution in [1.82, 2.24) is 9.38 Å². The Balaban J connectivity index is 2.11. The zero-order valence-corrected chi connectivity index (χ0v) is 11.2. The molecule has 96 valence electrons. The first-order valence-corrected chi connectivity index (χ1v) is 6.99. The van der Waals surface area contributed by atoms with Crippen LogP contribution >= 0.6 is 11.3 Å². The Kier molecular flexibility index (Phi) is 2.40. The number of aromatic nitrogens is 2. The number of benzene rings is 2. The summed E-state index contributed by atoms with van der Waals surface area (Å²) in [5, 5.41) is 3.21. The van der Waals surface area contributed by atoms with E-state index in [-0.39, 0.29) is 0 Å². The Labute approximate surface area is 118 Å². The van der Waals surface area contributed by atoms with E-state index in [1.54, 1.807) is 11.3 Å². The van der Waals surface area contributed by atoms with E-state index in [9.17, 15) is 4.91 Å². The SMILES string of the molecule is O=Nc1c(-c2ccccc2)nc2sc3ccccc3n12. The van der Waals surface area contributed by atoms with Crippen LogP contribution in [-0.4, -0.2) is 9.38 Å². The Morgan fingerprint density at radius 1 is 1.00 bits per heavy atom. The lowest BCUT2D eigenvalue weighted by Crippen LogP contribution is -1.80. The third-order valence-electron chi connectivity index (χ3n) is 3.26. The van der Waals surface area contributed by atoms with E-state index in [1.807, 2.05) is 59.0 Å². The molecule has 2 heterocycles. The summed E-state index contributed by atoms with van der Waals surface area (Å²) in [4.78, 5) is 16.7.